The summed E-state index contributed by atoms with van der Waals surface area (Å²) in [6.45, 7) is 0. The zero-order valence-corrected chi connectivity index (χ0v) is 13.7. The lowest BCUT2D eigenvalue weighted by Crippen LogP contribution is -2.33. The first-order chi connectivity index (χ1) is 9.29. The molecule has 1 aliphatic carbocycles. The largest absolute Gasteiger partial charge is 0.349 e. The van der Waals surface area contributed by atoms with E-state index in [2.05, 4.69) is 21.2 Å². The van der Waals surface area contributed by atoms with Crippen LogP contribution in [0.3, 0.4) is 0 Å². The molecule has 0 atom stereocenters. The average Bonchev–Trinajstić information content (AvgIpc) is 2.83. The van der Waals surface area contributed by atoms with Crippen LogP contribution in [0.25, 0.3) is 0 Å². The first kappa shape index (κ1) is 15.8. The molecular weight excluding hydrogens is 368 g/mol. The zero-order valence-electron chi connectivity index (χ0n) is 10.5. The Balaban J connectivity index is 2.36. The number of nitrogens with one attached hydrogen (secondary N) is 1. The van der Waals surface area contributed by atoms with Crippen molar-refractivity contribution < 1.29 is 13.2 Å². The topological polar surface area (TPSA) is 89.3 Å². The Hall–Kier alpha value is -0.630. The second-order valence-corrected chi connectivity index (χ2v) is 7.59. The van der Waals surface area contributed by atoms with Crippen molar-refractivity contribution in [3.8, 4) is 0 Å². The molecule has 0 radical (unpaired) electrons. The van der Waals surface area contributed by atoms with Crippen LogP contribution in [0.5, 0.6) is 0 Å². The number of amides is 1. The second-order valence-electron chi connectivity index (χ2n) is 4.77. The standard InChI is InChI=1S/C12H14BrClN2O3S/c13-7-5-9(11(14)10(6-7)20(15,18)19)12(17)16-8-3-1-2-4-8/h5-6,8H,1-4H2,(H,16,17)(H2,15,18,19). The van der Waals surface area contributed by atoms with E-state index in [0.29, 0.717) is 4.47 Å². The van der Waals surface area contributed by atoms with Crippen molar-refractivity contribution in [1.29, 1.82) is 0 Å². The summed E-state index contributed by atoms with van der Waals surface area (Å²) in [4.78, 5) is 11.9. The van der Waals surface area contributed by atoms with Gasteiger partial charge in [-0.25, -0.2) is 13.6 Å². The van der Waals surface area contributed by atoms with E-state index in [0.717, 1.165) is 25.7 Å². The number of sulfonamides is 1. The molecule has 0 aliphatic heterocycles. The molecule has 110 valence electrons. The predicted molar refractivity (Wildman–Crippen MR) is 80.2 cm³/mol. The lowest BCUT2D eigenvalue weighted by atomic mass is 10.2. The van der Waals surface area contributed by atoms with Gasteiger partial charge in [-0.15, -0.1) is 0 Å². The second kappa shape index (κ2) is 6.01. The molecule has 1 fully saturated rings. The molecule has 1 aliphatic rings. The van der Waals surface area contributed by atoms with Crippen LogP contribution >= 0.6 is 27.5 Å². The normalized spacial score (nSPS) is 16.4. The number of hydrogen-bond donors (Lipinski definition) is 2. The van der Waals surface area contributed by atoms with Crippen LogP contribution in [-0.2, 0) is 10.0 Å². The molecule has 0 heterocycles. The molecule has 1 amide bonds. The van der Waals surface area contributed by atoms with E-state index in [-0.39, 0.29) is 27.4 Å². The highest BCUT2D eigenvalue weighted by molar-refractivity contribution is 9.10. The Bertz CT molecular complexity index is 642. The van der Waals surface area contributed by atoms with E-state index in [1.165, 1.54) is 12.1 Å². The average molecular weight is 382 g/mol. The summed E-state index contributed by atoms with van der Waals surface area (Å²) in [5.41, 5.74) is 0.108. The Labute approximate surface area is 131 Å². The molecule has 20 heavy (non-hydrogen) atoms. The molecule has 0 saturated heterocycles. The zero-order chi connectivity index (χ0) is 14.9. The Kier molecular flexibility index (Phi) is 4.73. The minimum Gasteiger partial charge on any atom is -0.349 e. The summed E-state index contributed by atoms with van der Waals surface area (Å²) in [5, 5.41) is 7.81. The van der Waals surface area contributed by atoms with Crippen LogP contribution < -0.4 is 10.5 Å². The number of benzene rings is 1. The molecular formula is C12H14BrClN2O3S. The predicted octanol–water partition coefficient (Wildman–Crippen LogP) is 2.42. The highest BCUT2D eigenvalue weighted by Gasteiger charge is 2.23. The van der Waals surface area contributed by atoms with Gasteiger partial charge in [-0.1, -0.05) is 40.4 Å². The minimum absolute atomic E-state index is 0.108. The van der Waals surface area contributed by atoms with Gasteiger partial charge in [0.05, 0.1) is 10.6 Å². The fraction of sp³-hybridized carbons (Fsp3) is 0.417. The molecule has 1 aromatic rings. The summed E-state index contributed by atoms with van der Waals surface area (Å²) in [7, 11) is -3.98. The van der Waals surface area contributed by atoms with Crippen LogP contribution in [-0.4, -0.2) is 20.4 Å². The third-order valence-electron chi connectivity index (χ3n) is 3.25. The van der Waals surface area contributed by atoms with Gasteiger partial charge >= 0.3 is 0 Å². The van der Waals surface area contributed by atoms with E-state index in [9.17, 15) is 13.2 Å². The highest BCUT2D eigenvalue weighted by Crippen LogP contribution is 2.29. The third kappa shape index (κ3) is 3.52. The van der Waals surface area contributed by atoms with E-state index in [4.69, 9.17) is 16.7 Å². The maximum Gasteiger partial charge on any atom is 0.253 e. The lowest BCUT2D eigenvalue weighted by molar-refractivity contribution is 0.0937. The van der Waals surface area contributed by atoms with Crippen molar-refractivity contribution in [3.05, 3.63) is 27.2 Å². The summed E-state index contributed by atoms with van der Waals surface area (Å²) >= 11 is 9.17. The molecule has 1 saturated carbocycles. The summed E-state index contributed by atoms with van der Waals surface area (Å²) in [6.07, 6.45) is 4.03. The fourth-order valence-corrected chi connectivity index (χ4v) is 4.05. The van der Waals surface area contributed by atoms with Crippen LogP contribution in [0.15, 0.2) is 21.5 Å². The van der Waals surface area contributed by atoms with E-state index >= 15 is 0 Å². The van der Waals surface area contributed by atoms with Gasteiger partial charge in [-0.3, -0.25) is 4.79 Å². The maximum absolute atomic E-state index is 12.2. The van der Waals surface area contributed by atoms with Gasteiger partial charge < -0.3 is 5.32 Å². The number of carbonyl (C=O) groups is 1. The fourth-order valence-electron chi connectivity index (χ4n) is 2.27. The van der Waals surface area contributed by atoms with Crippen LogP contribution in [0.2, 0.25) is 5.02 Å². The molecule has 5 nitrogen and oxygen atoms in total. The molecule has 2 rings (SSSR count). The number of nitrogens with two attached hydrogens (primary N) is 1. The van der Waals surface area contributed by atoms with Gasteiger partial charge in [-0.05, 0) is 25.0 Å². The molecule has 1 aromatic carbocycles. The van der Waals surface area contributed by atoms with Crippen molar-refractivity contribution in [2.75, 3.05) is 0 Å². The van der Waals surface area contributed by atoms with E-state index < -0.39 is 10.0 Å². The lowest BCUT2D eigenvalue weighted by Gasteiger charge is -2.14. The Morgan fingerprint density at radius 2 is 1.95 bits per heavy atom. The van der Waals surface area contributed by atoms with E-state index in [1.807, 2.05) is 0 Å². The summed E-state index contributed by atoms with van der Waals surface area (Å²) in [5.74, 6) is -0.381. The Morgan fingerprint density at radius 1 is 1.35 bits per heavy atom. The van der Waals surface area contributed by atoms with Gasteiger partial charge in [0.25, 0.3) is 5.91 Å². The number of carbonyl (C=O) groups excluding carboxylic acids is 1. The first-order valence-electron chi connectivity index (χ1n) is 6.12. The third-order valence-corrected chi connectivity index (χ3v) is 5.16. The molecule has 0 aromatic heterocycles. The minimum atomic E-state index is -3.98. The highest BCUT2D eigenvalue weighted by atomic mass is 79.9. The van der Waals surface area contributed by atoms with Crippen LogP contribution in [0.4, 0.5) is 0 Å². The van der Waals surface area contributed by atoms with Gasteiger partial charge in [-0.2, -0.15) is 0 Å². The Morgan fingerprint density at radius 3 is 2.50 bits per heavy atom. The molecule has 3 N–H and O–H groups in total. The maximum atomic E-state index is 12.2. The van der Waals surface area contributed by atoms with Crippen molar-refractivity contribution in [2.45, 2.75) is 36.6 Å². The smallest absolute Gasteiger partial charge is 0.253 e. The molecule has 0 bridgehead atoms. The van der Waals surface area contributed by atoms with Crippen molar-refractivity contribution in [3.63, 3.8) is 0 Å². The van der Waals surface area contributed by atoms with Gasteiger partial charge in [0.15, 0.2) is 0 Å². The van der Waals surface area contributed by atoms with Crippen molar-refractivity contribution in [1.82, 2.24) is 5.32 Å². The van der Waals surface area contributed by atoms with Crippen molar-refractivity contribution in [2.24, 2.45) is 5.14 Å². The number of halogens is 2. The quantitative estimate of drug-likeness (QED) is 0.842. The van der Waals surface area contributed by atoms with Gasteiger partial charge in [0, 0.05) is 10.5 Å². The number of rotatable bonds is 3. The molecule has 0 spiro atoms. The number of hydrogen-bond acceptors (Lipinski definition) is 3. The van der Waals surface area contributed by atoms with Crippen molar-refractivity contribution >= 4 is 43.5 Å². The number of primary sulfonamides is 1. The van der Waals surface area contributed by atoms with Gasteiger partial charge in [0.1, 0.15) is 4.90 Å². The van der Waals surface area contributed by atoms with Gasteiger partial charge in [0.2, 0.25) is 10.0 Å². The van der Waals surface area contributed by atoms with Crippen LogP contribution in [0, 0.1) is 0 Å². The molecule has 0 unspecified atom stereocenters. The molecule has 8 heteroatoms. The van der Waals surface area contributed by atoms with Crippen LogP contribution in [0.1, 0.15) is 36.0 Å². The first-order valence-corrected chi connectivity index (χ1v) is 8.83. The summed E-state index contributed by atoms with van der Waals surface area (Å²) in [6, 6.07) is 2.89. The monoisotopic (exact) mass is 380 g/mol. The van der Waals surface area contributed by atoms with E-state index in [1.54, 1.807) is 0 Å². The SMILES string of the molecule is NS(=O)(=O)c1cc(Br)cc(C(=O)NC2CCCC2)c1Cl. The summed E-state index contributed by atoms with van der Waals surface area (Å²) < 4.78 is 23.4.